The maximum Gasteiger partial charge on any atom is 0.241 e. The Balaban J connectivity index is 2.80. The van der Waals surface area contributed by atoms with Crippen LogP contribution in [0.15, 0.2) is 23.1 Å². The van der Waals surface area contributed by atoms with Crippen molar-refractivity contribution in [3.8, 4) is 0 Å². The van der Waals surface area contributed by atoms with Crippen LogP contribution in [0.2, 0.25) is 0 Å². The second-order valence-corrected chi connectivity index (χ2v) is 7.44. The van der Waals surface area contributed by atoms with Gasteiger partial charge in [-0.05, 0) is 24.5 Å². The molecular weight excluding hydrogens is 311 g/mol. The lowest BCUT2D eigenvalue weighted by Crippen LogP contribution is -2.28. The van der Waals surface area contributed by atoms with Gasteiger partial charge in [-0.25, -0.2) is 17.5 Å². The van der Waals surface area contributed by atoms with E-state index in [0.717, 1.165) is 25.3 Å². The van der Waals surface area contributed by atoms with Gasteiger partial charge in [0.2, 0.25) is 10.0 Å². The van der Waals surface area contributed by atoms with Crippen LogP contribution in [0.3, 0.4) is 0 Å². The van der Waals surface area contributed by atoms with Crippen molar-refractivity contribution in [3.05, 3.63) is 29.6 Å². The van der Waals surface area contributed by atoms with Crippen LogP contribution in [0.1, 0.15) is 38.7 Å². The molecule has 0 saturated heterocycles. The molecule has 0 atom stereocenters. The van der Waals surface area contributed by atoms with Crippen molar-refractivity contribution < 1.29 is 12.8 Å². The Labute approximate surface area is 131 Å². The molecule has 0 aliphatic rings. The first-order valence-corrected chi connectivity index (χ1v) is 8.73. The Hall–Kier alpha value is -1.05. The van der Waals surface area contributed by atoms with E-state index in [1.165, 1.54) is 12.1 Å². The Bertz CT molecular complexity index is 601. The van der Waals surface area contributed by atoms with Gasteiger partial charge in [-0.3, -0.25) is 0 Å². The normalized spacial score (nSPS) is 11.8. The summed E-state index contributed by atoms with van der Waals surface area (Å²) in [6.45, 7) is 4.54. The molecule has 0 amide bonds. The van der Waals surface area contributed by atoms with Crippen LogP contribution in [-0.4, -0.2) is 20.0 Å². The number of halogens is 1. The summed E-state index contributed by atoms with van der Waals surface area (Å²) in [5.74, 6) is -0.142. The molecule has 0 aliphatic heterocycles. The van der Waals surface area contributed by atoms with E-state index in [2.05, 4.69) is 18.6 Å². The molecule has 7 heteroatoms. The van der Waals surface area contributed by atoms with E-state index in [1.807, 2.05) is 0 Å². The second kappa shape index (κ2) is 7.82. The summed E-state index contributed by atoms with van der Waals surface area (Å²) >= 11 is 4.73. The molecule has 0 radical (unpaired) electrons. The van der Waals surface area contributed by atoms with E-state index in [4.69, 9.17) is 18.0 Å². The van der Waals surface area contributed by atoms with Gasteiger partial charge in [-0.1, -0.05) is 45.0 Å². The molecule has 0 fully saturated rings. The van der Waals surface area contributed by atoms with Gasteiger partial charge in [0.05, 0.1) is 10.5 Å². The number of hydrogen-bond acceptors (Lipinski definition) is 3. The van der Waals surface area contributed by atoms with Crippen molar-refractivity contribution in [1.82, 2.24) is 4.72 Å². The highest BCUT2D eigenvalue weighted by molar-refractivity contribution is 7.89. The van der Waals surface area contributed by atoms with E-state index in [1.54, 1.807) is 0 Å². The minimum atomic E-state index is -3.82. The molecule has 0 aromatic heterocycles. The molecule has 1 aromatic rings. The quantitative estimate of drug-likeness (QED) is 0.567. The molecule has 1 rings (SSSR count). The number of benzene rings is 1. The summed E-state index contributed by atoms with van der Waals surface area (Å²) in [6.07, 6.45) is 2.71. The first kappa shape index (κ1) is 18.0. The standard InChI is InChI=1S/C14H21FN2O2S2/c1-10(2)6-3-4-9-17-21(18,19)12-8-5-7-11(15)13(12)14(16)20/h5,7-8,10,17H,3-4,6,9H2,1-2H3,(H2,16,20). The van der Waals surface area contributed by atoms with E-state index in [0.29, 0.717) is 12.5 Å². The molecule has 0 aliphatic carbocycles. The van der Waals surface area contributed by atoms with Gasteiger partial charge < -0.3 is 5.73 Å². The molecule has 0 bridgehead atoms. The lowest BCUT2D eigenvalue weighted by atomic mass is 10.1. The molecule has 0 saturated carbocycles. The number of sulfonamides is 1. The summed E-state index contributed by atoms with van der Waals surface area (Å²) in [7, 11) is -3.82. The zero-order valence-electron chi connectivity index (χ0n) is 12.2. The number of unbranched alkanes of at least 4 members (excludes halogenated alkanes) is 1. The maximum absolute atomic E-state index is 13.7. The number of rotatable bonds is 8. The fourth-order valence-corrected chi connectivity index (χ4v) is 3.50. The number of hydrogen-bond donors (Lipinski definition) is 2. The van der Waals surface area contributed by atoms with Crippen molar-refractivity contribution >= 4 is 27.2 Å². The Morgan fingerprint density at radius 2 is 2.05 bits per heavy atom. The van der Waals surface area contributed by atoms with Gasteiger partial charge in [-0.2, -0.15) is 0 Å². The summed E-state index contributed by atoms with van der Waals surface area (Å²) < 4.78 is 40.6. The van der Waals surface area contributed by atoms with E-state index >= 15 is 0 Å². The molecule has 21 heavy (non-hydrogen) atoms. The van der Waals surface area contributed by atoms with Crippen molar-refractivity contribution in [2.75, 3.05) is 6.54 Å². The third kappa shape index (κ3) is 5.33. The highest BCUT2D eigenvalue weighted by Crippen LogP contribution is 2.19. The highest BCUT2D eigenvalue weighted by atomic mass is 32.2. The Morgan fingerprint density at radius 3 is 2.62 bits per heavy atom. The number of nitrogens with one attached hydrogen (secondary N) is 1. The largest absolute Gasteiger partial charge is 0.389 e. The lowest BCUT2D eigenvalue weighted by molar-refractivity contribution is 0.530. The first-order valence-electron chi connectivity index (χ1n) is 6.83. The molecule has 0 unspecified atom stereocenters. The molecule has 4 nitrogen and oxygen atoms in total. The van der Waals surface area contributed by atoms with Gasteiger partial charge in [0.1, 0.15) is 10.8 Å². The predicted molar refractivity (Wildman–Crippen MR) is 86.2 cm³/mol. The van der Waals surface area contributed by atoms with Crippen molar-refractivity contribution in [3.63, 3.8) is 0 Å². The second-order valence-electron chi connectivity index (χ2n) is 5.26. The van der Waals surface area contributed by atoms with Gasteiger partial charge in [0.25, 0.3) is 0 Å². The summed E-state index contributed by atoms with van der Waals surface area (Å²) in [6, 6.07) is 3.76. The van der Waals surface area contributed by atoms with Gasteiger partial charge >= 0.3 is 0 Å². The van der Waals surface area contributed by atoms with Crippen LogP contribution in [0.4, 0.5) is 4.39 Å². The monoisotopic (exact) mass is 332 g/mol. The van der Waals surface area contributed by atoms with Gasteiger partial charge in [0.15, 0.2) is 0 Å². The smallest absolute Gasteiger partial charge is 0.241 e. The zero-order valence-corrected chi connectivity index (χ0v) is 13.9. The van der Waals surface area contributed by atoms with E-state index in [-0.39, 0.29) is 15.4 Å². The van der Waals surface area contributed by atoms with Crippen molar-refractivity contribution in [2.24, 2.45) is 11.7 Å². The van der Waals surface area contributed by atoms with Crippen molar-refractivity contribution in [1.29, 1.82) is 0 Å². The van der Waals surface area contributed by atoms with E-state index < -0.39 is 15.8 Å². The average Bonchev–Trinajstić information content (AvgIpc) is 2.37. The van der Waals surface area contributed by atoms with Crippen LogP contribution < -0.4 is 10.5 Å². The van der Waals surface area contributed by atoms with Crippen LogP contribution in [-0.2, 0) is 10.0 Å². The number of nitrogens with two attached hydrogens (primary N) is 1. The highest BCUT2D eigenvalue weighted by Gasteiger charge is 2.22. The zero-order chi connectivity index (χ0) is 16.0. The fourth-order valence-electron chi connectivity index (χ4n) is 1.93. The van der Waals surface area contributed by atoms with Crippen LogP contribution >= 0.6 is 12.2 Å². The molecular formula is C14H21FN2O2S2. The van der Waals surface area contributed by atoms with E-state index in [9.17, 15) is 12.8 Å². The summed E-state index contributed by atoms with van der Waals surface area (Å²) in [4.78, 5) is -0.479. The average molecular weight is 332 g/mol. The fraction of sp³-hybridized carbons (Fsp3) is 0.500. The SMILES string of the molecule is CC(C)CCCCNS(=O)(=O)c1cccc(F)c1C(N)=S. The topological polar surface area (TPSA) is 72.2 Å². The molecule has 0 heterocycles. The summed E-state index contributed by atoms with van der Waals surface area (Å²) in [5, 5.41) is 0. The first-order chi connectivity index (χ1) is 9.75. The van der Waals surface area contributed by atoms with Gasteiger partial charge in [0, 0.05) is 6.54 Å². The molecule has 0 spiro atoms. The summed E-state index contributed by atoms with van der Waals surface area (Å²) in [5.41, 5.74) is 5.19. The minimum Gasteiger partial charge on any atom is -0.389 e. The predicted octanol–water partition coefficient (Wildman–Crippen LogP) is 2.56. The van der Waals surface area contributed by atoms with Gasteiger partial charge in [-0.15, -0.1) is 0 Å². The third-order valence-electron chi connectivity index (χ3n) is 3.01. The van der Waals surface area contributed by atoms with Crippen molar-refractivity contribution in [2.45, 2.75) is 38.0 Å². The van der Waals surface area contributed by atoms with Crippen LogP contribution in [0.25, 0.3) is 0 Å². The third-order valence-corrected chi connectivity index (χ3v) is 4.72. The molecule has 1 aromatic carbocycles. The minimum absolute atomic E-state index is 0.209. The Morgan fingerprint density at radius 1 is 1.38 bits per heavy atom. The molecule has 3 N–H and O–H groups in total. The Kier molecular flexibility index (Phi) is 6.70. The number of thiocarbonyl (C=S) groups is 1. The van der Waals surface area contributed by atoms with Crippen LogP contribution in [0, 0.1) is 11.7 Å². The lowest BCUT2D eigenvalue weighted by Gasteiger charge is -2.11. The maximum atomic E-state index is 13.7. The molecule has 118 valence electrons. The van der Waals surface area contributed by atoms with Crippen LogP contribution in [0.5, 0.6) is 0 Å².